The van der Waals surface area contributed by atoms with Gasteiger partial charge in [0.1, 0.15) is 4.90 Å². The lowest BCUT2D eigenvalue weighted by molar-refractivity contribution is 0.460. The van der Waals surface area contributed by atoms with Crippen LogP contribution in [0.15, 0.2) is 29.7 Å². The van der Waals surface area contributed by atoms with Gasteiger partial charge in [-0.3, -0.25) is 0 Å². The van der Waals surface area contributed by atoms with E-state index in [-0.39, 0.29) is 16.5 Å². The number of nitrogens with one attached hydrogen (secondary N) is 1. The first-order chi connectivity index (χ1) is 9.89. The van der Waals surface area contributed by atoms with Crippen LogP contribution in [-0.4, -0.2) is 32.4 Å². The van der Waals surface area contributed by atoms with Crippen molar-refractivity contribution in [3.05, 3.63) is 40.4 Å². The van der Waals surface area contributed by atoms with Gasteiger partial charge in [-0.2, -0.15) is 4.31 Å². The largest absolute Gasteiger partial charge is 0.313 e. The number of hydrogen-bond donors (Lipinski definition) is 1. The van der Waals surface area contributed by atoms with Gasteiger partial charge in [-0.1, -0.05) is 43.1 Å². The molecule has 0 saturated heterocycles. The Morgan fingerprint density at radius 2 is 2.00 bits per heavy atom. The molecule has 0 fully saturated rings. The molecule has 1 aromatic rings. The molecule has 1 N–H and O–H groups in total. The van der Waals surface area contributed by atoms with E-state index < -0.39 is 10.0 Å². The summed E-state index contributed by atoms with van der Waals surface area (Å²) >= 11 is 12.4. The van der Waals surface area contributed by atoms with Gasteiger partial charge in [0, 0.05) is 30.2 Å². The van der Waals surface area contributed by atoms with Crippen LogP contribution in [0.4, 0.5) is 0 Å². The zero-order valence-electron chi connectivity index (χ0n) is 12.2. The van der Waals surface area contributed by atoms with E-state index in [0.717, 1.165) is 6.54 Å². The summed E-state index contributed by atoms with van der Waals surface area (Å²) in [6.45, 7) is 9.04. The molecule has 0 spiro atoms. The molecule has 0 aromatic heterocycles. The van der Waals surface area contributed by atoms with Crippen molar-refractivity contribution in [3.63, 3.8) is 0 Å². The molecule has 0 aliphatic rings. The first-order valence-corrected chi connectivity index (χ1v) is 8.88. The van der Waals surface area contributed by atoms with Gasteiger partial charge in [0.15, 0.2) is 0 Å². The van der Waals surface area contributed by atoms with Crippen LogP contribution in [-0.2, 0) is 16.6 Å². The van der Waals surface area contributed by atoms with E-state index in [0.29, 0.717) is 23.7 Å². The number of benzene rings is 1. The van der Waals surface area contributed by atoms with Crippen molar-refractivity contribution < 1.29 is 8.42 Å². The quantitative estimate of drug-likeness (QED) is 0.731. The van der Waals surface area contributed by atoms with Crippen LogP contribution in [0.25, 0.3) is 0 Å². The Morgan fingerprint density at radius 1 is 1.33 bits per heavy atom. The summed E-state index contributed by atoms with van der Waals surface area (Å²) in [7, 11) is -3.66. The molecular formula is C14H20Cl2N2O2S. The molecule has 0 aliphatic heterocycles. The smallest absolute Gasteiger partial charge is 0.244 e. The number of hydrogen-bond acceptors (Lipinski definition) is 3. The highest BCUT2D eigenvalue weighted by Gasteiger charge is 2.26. The van der Waals surface area contributed by atoms with Gasteiger partial charge in [-0.25, -0.2) is 8.42 Å². The second kappa shape index (κ2) is 8.15. The third kappa shape index (κ3) is 4.20. The third-order valence-corrected chi connectivity index (χ3v) is 5.89. The topological polar surface area (TPSA) is 49.4 Å². The van der Waals surface area contributed by atoms with Crippen molar-refractivity contribution in [3.8, 4) is 0 Å². The fraction of sp³-hybridized carbons (Fsp3) is 0.429. The molecule has 0 bridgehead atoms. The van der Waals surface area contributed by atoms with Crippen LogP contribution < -0.4 is 5.32 Å². The molecule has 0 atom stereocenters. The average molecular weight is 351 g/mol. The minimum absolute atomic E-state index is 0.0742. The van der Waals surface area contributed by atoms with Crippen LogP contribution in [0.2, 0.25) is 10.0 Å². The Bertz CT molecular complexity index is 603. The van der Waals surface area contributed by atoms with E-state index in [4.69, 9.17) is 23.2 Å². The van der Waals surface area contributed by atoms with Crippen molar-refractivity contribution >= 4 is 33.2 Å². The lowest BCUT2D eigenvalue weighted by atomic mass is 10.2. The Labute approximate surface area is 136 Å². The molecule has 7 heteroatoms. The van der Waals surface area contributed by atoms with Crippen molar-refractivity contribution in [1.29, 1.82) is 0 Å². The van der Waals surface area contributed by atoms with E-state index in [1.165, 1.54) is 10.4 Å². The summed E-state index contributed by atoms with van der Waals surface area (Å²) in [5.74, 6) is 0. The Kier molecular flexibility index (Phi) is 7.16. The molecule has 4 nitrogen and oxygen atoms in total. The van der Waals surface area contributed by atoms with Gasteiger partial charge >= 0.3 is 0 Å². The molecule has 0 unspecified atom stereocenters. The van der Waals surface area contributed by atoms with E-state index in [9.17, 15) is 8.42 Å². The predicted molar refractivity (Wildman–Crippen MR) is 88.5 cm³/mol. The predicted octanol–water partition coefficient (Wildman–Crippen LogP) is 3.30. The monoisotopic (exact) mass is 350 g/mol. The molecule has 118 valence electrons. The Hall–Kier alpha value is -0.590. The zero-order valence-corrected chi connectivity index (χ0v) is 14.5. The zero-order chi connectivity index (χ0) is 16.0. The van der Waals surface area contributed by atoms with E-state index in [1.807, 2.05) is 6.92 Å². The maximum Gasteiger partial charge on any atom is 0.244 e. The van der Waals surface area contributed by atoms with E-state index in [2.05, 4.69) is 11.9 Å². The van der Waals surface area contributed by atoms with Gasteiger partial charge in [0.05, 0.1) is 5.02 Å². The summed E-state index contributed by atoms with van der Waals surface area (Å²) in [5.41, 5.74) is 0.593. The second-order valence-corrected chi connectivity index (χ2v) is 7.05. The molecule has 0 heterocycles. The first kappa shape index (κ1) is 18.5. The number of likely N-dealkylation sites (N-methyl/N-ethyl adjacent to an activating group) is 1. The fourth-order valence-electron chi connectivity index (χ4n) is 1.87. The minimum Gasteiger partial charge on any atom is -0.313 e. The lowest BCUT2D eigenvalue weighted by Crippen LogP contribution is -2.31. The number of nitrogens with zero attached hydrogens (tertiary/aromatic N) is 1. The number of sulfonamides is 1. The van der Waals surface area contributed by atoms with Gasteiger partial charge in [-0.05, 0) is 18.7 Å². The van der Waals surface area contributed by atoms with Crippen LogP contribution in [0, 0.1) is 0 Å². The summed E-state index contributed by atoms with van der Waals surface area (Å²) in [6.07, 6.45) is 1.55. The van der Waals surface area contributed by atoms with Gasteiger partial charge < -0.3 is 5.32 Å². The van der Waals surface area contributed by atoms with Crippen LogP contribution in [0.1, 0.15) is 19.4 Å². The fourth-order valence-corrected chi connectivity index (χ4v) is 4.17. The van der Waals surface area contributed by atoms with Gasteiger partial charge in [-0.15, -0.1) is 6.58 Å². The standard InChI is InChI=1S/C14H20Cl2N2O2S/c1-4-9-18(6-3)21(19,20)13-8-7-12(15)11(14(13)16)10-17-5-2/h4,7-8,17H,1,5-6,9-10H2,2-3H3. The molecule has 1 aromatic carbocycles. The molecule has 0 amide bonds. The van der Waals surface area contributed by atoms with Crippen molar-refractivity contribution in [2.75, 3.05) is 19.6 Å². The summed E-state index contributed by atoms with van der Waals surface area (Å²) in [4.78, 5) is 0.0742. The normalized spacial score (nSPS) is 11.9. The molecule has 21 heavy (non-hydrogen) atoms. The highest BCUT2D eigenvalue weighted by atomic mass is 35.5. The molecule has 1 rings (SSSR count). The molecule has 0 saturated carbocycles. The molecule has 0 aliphatic carbocycles. The molecule has 0 radical (unpaired) electrons. The van der Waals surface area contributed by atoms with Crippen molar-refractivity contribution in [2.24, 2.45) is 0 Å². The maximum atomic E-state index is 12.6. The van der Waals surface area contributed by atoms with E-state index >= 15 is 0 Å². The first-order valence-electron chi connectivity index (χ1n) is 6.68. The Balaban J connectivity index is 3.33. The lowest BCUT2D eigenvalue weighted by Gasteiger charge is -2.20. The minimum atomic E-state index is -3.66. The number of halogens is 2. The van der Waals surface area contributed by atoms with Crippen LogP contribution in [0.5, 0.6) is 0 Å². The SMILES string of the molecule is C=CCN(CC)S(=O)(=O)c1ccc(Cl)c(CNCC)c1Cl. The van der Waals surface area contributed by atoms with Gasteiger partial charge in [0.2, 0.25) is 10.0 Å². The Morgan fingerprint density at radius 3 is 2.52 bits per heavy atom. The highest BCUT2D eigenvalue weighted by Crippen LogP contribution is 2.32. The number of rotatable bonds is 8. The maximum absolute atomic E-state index is 12.6. The second-order valence-electron chi connectivity index (χ2n) is 4.36. The van der Waals surface area contributed by atoms with Crippen LogP contribution in [0.3, 0.4) is 0 Å². The average Bonchev–Trinajstić information content (AvgIpc) is 2.44. The highest BCUT2D eigenvalue weighted by molar-refractivity contribution is 7.89. The molecular weight excluding hydrogens is 331 g/mol. The third-order valence-electron chi connectivity index (χ3n) is 3.01. The van der Waals surface area contributed by atoms with Crippen LogP contribution >= 0.6 is 23.2 Å². The summed E-state index contributed by atoms with van der Waals surface area (Å²) in [5, 5.41) is 3.72. The van der Waals surface area contributed by atoms with Crippen molar-refractivity contribution in [1.82, 2.24) is 9.62 Å². The summed E-state index contributed by atoms with van der Waals surface area (Å²) < 4.78 is 26.6. The van der Waals surface area contributed by atoms with Gasteiger partial charge in [0.25, 0.3) is 0 Å². The van der Waals surface area contributed by atoms with E-state index in [1.54, 1.807) is 19.1 Å². The summed E-state index contributed by atoms with van der Waals surface area (Å²) in [6, 6.07) is 3.01. The van der Waals surface area contributed by atoms with Crippen molar-refractivity contribution in [2.45, 2.75) is 25.3 Å².